The van der Waals surface area contributed by atoms with Crippen LogP contribution >= 0.6 is 35.0 Å². The Kier molecular flexibility index (Phi) is 7.91. The van der Waals surface area contributed by atoms with Crippen molar-refractivity contribution in [2.24, 2.45) is 0 Å². The number of rotatable bonds is 7. The van der Waals surface area contributed by atoms with Gasteiger partial charge >= 0.3 is 0 Å². The summed E-state index contributed by atoms with van der Waals surface area (Å²) in [5, 5.41) is 4.25. The monoisotopic (exact) mass is 437 g/mol. The lowest BCUT2D eigenvalue weighted by Gasteiger charge is -2.34. The van der Waals surface area contributed by atoms with Crippen LogP contribution in [0.5, 0.6) is 0 Å². The fourth-order valence-electron chi connectivity index (χ4n) is 3.06. The fourth-order valence-corrected chi connectivity index (χ4v) is 4.65. The standard InChI is InChI=1S/C21H25Cl2N3OS/c1-25-9-11-26(12-10-25)17-7-5-16(6-8-17)13-24-21(27)15-28-14-18-19(22)3-2-4-20(18)23/h2-8H,9-15H2,1H3,(H,24,27). The number of benzene rings is 2. The average Bonchev–Trinajstić information content (AvgIpc) is 2.70. The first-order valence-electron chi connectivity index (χ1n) is 9.32. The van der Waals surface area contributed by atoms with E-state index in [4.69, 9.17) is 23.2 Å². The molecule has 1 heterocycles. The molecule has 0 bridgehead atoms. The van der Waals surface area contributed by atoms with Crippen LogP contribution in [0.25, 0.3) is 0 Å². The van der Waals surface area contributed by atoms with Crippen LogP contribution in [0.2, 0.25) is 10.0 Å². The van der Waals surface area contributed by atoms with Crippen LogP contribution in [0.15, 0.2) is 42.5 Å². The maximum atomic E-state index is 12.1. The maximum absolute atomic E-state index is 12.1. The minimum atomic E-state index is 0.0105. The van der Waals surface area contributed by atoms with Crippen molar-refractivity contribution >= 4 is 46.6 Å². The summed E-state index contributed by atoms with van der Waals surface area (Å²) in [6, 6.07) is 13.9. The van der Waals surface area contributed by atoms with Crippen LogP contribution in [-0.2, 0) is 17.1 Å². The van der Waals surface area contributed by atoms with Crippen LogP contribution in [0.4, 0.5) is 5.69 Å². The summed E-state index contributed by atoms with van der Waals surface area (Å²) in [6.07, 6.45) is 0. The molecule has 1 amide bonds. The molecule has 0 spiro atoms. The molecule has 1 aliphatic heterocycles. The van der Waals surface area contributed by atoms with Gasteiger partial charge in [0.25, 0.3) is 0 Å². The van der Waals surface area contributed by atoms with Crippen molar-refractivity contribution in [3.8, 4) is 0 Å². The van der Waals surface area contributed by atoms with E-state index in [1.165, 1.54) is 17.4 Å². The molecule has 1 aliphatic rings. The van der Waals surface area contributed by atoms with E-state index in [9.17, 15) is 4.79 Å². The van der Waals surface area contributed by atoms with E-state index in [2.05, 4.69) is 46.4 Å². The van der Waals surface area contributed by atoms with Gasteiger partial charge in [0.15, 0.2) is 0 Å². The Morgan fingerprint density at radius 1 is 1.04 bits per heavy atom. The van der Waals surface area contributed by atoms with Crippen molar-refractivity contribution in [2.75, 3.05) is 43.9 Å². The third-order valence-electron chi connectivity index (χ3n) is 4.84. The van der Waals surface area contributed by atoms with Crippen molar-refractivity contribution in [3.05, 3.63) is 63.6 Å². The van der Waals surface area contributed by atoms with Gasteiger partial charge in [-0.05, 0) is 42.4 Å². The molecule has 3 rings (SSSR count). The van der Waals surface area contributed by atoms with Gasteiger partial charge in [-0.1, -0.05) is 41.4 Å². The lowest BCUT2D eigenvalue weighted by atomic mass is 10.2. The van der Waals surface area contributed by atoms with Crippen molar-refractivity contribution < 1.29 is 4.79 Å². The number of halogens is 2. The van der Waals surface area contributed by atoms with Crippen LogP contribution < -0.4 is 10.2 Å². The molecule has 1 saturated heterocycles. The summed E-state index contributed by atoms with van der Waals surface area (Å²) >= 11 is 13.8. The molecule has 1 fully saturated rings. The Bertz CT molecular complexity index is 772. The van der Waals surface area contributed by atoms with E-state index < -0.39 is 0 Å². The van der Waals surface area contributed by atoms with Crippen LogP contribution in [-0.4, -0.2) is 49.8 Å². The zero-order valence-electron chi connectivity index (χ0n) is 16.0. The number of hydrogen-bond acceptors (Lipinski definition) is 4. The first kappa shape index (κ1) is 21.3. The molecule has 0 aromatic heterocycles. The number of carbonyl (C=O) groups is 1. The SMILES string of the molecule is CN1CCN(c2ccc(CNC(=O)CSCc3c(Cl)cccc3Cl)cc2)CC1. The molecule has 7 heteroatoms. The van der Waals surface area contributed by atoms with E-state index in [0.29, 0.717) is 28.1 Å². The Hall–Kier alpha value is -1.40. The lowest BCUT2D eigenvalue weighted by Crippen LogP contribution is -2.44. The molecule has 2 aromatic carbocycles. The van der Waals surface area contributed by atoms with Crippen LogP contribution in [0.1, 0.15) is 11.1 Å². The number of anilines is 1. The first-order chi connectivity index (χ1) is 13.5. The number of piperazine rings is 1. The molecule has 150 valence electrons. The maximum Gasteiger partial charge on any atom is 0.230 e. The molecule has 0 aliphatic carbocycles. The smallest absolute Gasteiger partial charge is 0.230 e. The Labute approximate surface area is 181 Å². The van der Waals surface area contributed by atoms with Gasteiger partial charge in [0.2, 0.25) is 5.91 Å². The van der Waals surface area contributed by atoms with Crippen LogP contribution in [0.3, 0.4) is 0 Å². The first-order valence-corrected chi connectivity index (χ1v) is 11.2. The minimum Gasteiger partial charge on any atom is -0.369 e. The molecule has 2 aromatic rings. The topological polar surface area (TPSA) is 35.6 Å². The summed E-state index contributed by atoms with van der Waals surface area (Å²) in [5.41, 5.74) is 3.23. The van der Waals surface area contributed by atoms with E-state index in [0.717, 1.165) is 37.3 Å². The van der Waals surface area contributed by atoms with E-state index in [1.54, 1.807) is 0 Å². The summed E-state index contributed by atoms with van der Waals surface area (Å²) < 4.78 is 0. The van der Waals surface area contributed by atoms with E-state index >= 15 is 0 Å². The zero-order chi connectivity index (χ0) is 19.9. The van der Waals surface area contributed by atoms with Gasteiger partial charge in [0, 0.05) is 54.2 Å². The van der Waals surface area contributed by atoms with E-state index in [1.807, 2.05) is 18.2 Å². The Morgan fingerprint density at radius 3 is 2.32 bits per heavy atom. The highest BCUT2D eigenvalue weighted by Crippen LogP contribution is 2.28. The van der Waals surface area contributed by atoms with Gasteiger partial charge in [-0.15, -0.1) is 11.8 Å². The summed E-state index contributed by atoms with van der Waals surface area (Å²) in [6.45, 7) is 4.83. The number of nitrogens with zero attached hydrogens (tertiary/aromatic N) is 2. The third kappa shape index (κ3) is 6.05. The molecule has 0 atom stereocenters. The second-order valence-electron chi connectivity index (χ2n) is 6.93. The van der Waals surface area contributed by atoms with Crippen molar-refractivity contribution in [2.45, 2.75) is 12.3 Å². The van der Waals surface area contributed by atoms with Gasteiger partial charge in [0.05, 0.1) is 5.75 Å². The number of hydrogen-bond donors (Lipinski definition) is 1. The van der Waals surface area contributed by atoms with Crippen molar-refractivity contribution in [1.29, 1.82) is 0 Å². The van der Waals surface area contributed by atoms with Crippen molar-refractivity contribution in [1.82, 2.24) is 10.2 Å². The number of thioether (sulfide) groups is 1. The molecular weight excluding hydrogens is 413 g/mol. The predicted octanol–water partition coefficient (Wildman–Crippen LogP) is 4.29. The highest BCUT2D eigenvalue weighted by Gasteiger charge is 2.14. The minimum absolute atomic E-state index is 0.0105. The van der Waals surface area contributed by atoms with Gasteiger partial charge in [0.1, 0.15) is 0 Å². The summed E-state index contributed by atoms with van der Waals surface area (Å²) in [7, 11) is 2.16. The normalized spacial score (nSPS) is 14.9. The summed E-state index contributed by atoms with van der Waals surface area (Å²) in [4.78, 5) is 16.9. The van der Waals surface area contributed by atoms with Gasteiger partial charge < -0.3 is 15.1 Å². The lowest BCUT2D eigenvalue weighted by molar-refractivity contribution is -0.118. The molecule has 0 radical (unpaired) electrons. The van der Waals surface area contributed by atoms with Crippen molar-refractivity contribution in [3.63, 3.8) is 0 Å². The zero-order valence-corrected chi connectivity index (χ0v) is 18.3. The fraction of sp³-hybridized carbons (Fsp3) is 0.381. The highest BCUT2D eigenvalue weighted by molar-refractivity contribution is 7.99. The van der Waals surface area contributed by atoms with Gasteiger partial charge in [-0.25, -0.2) is 0 Å². The molecule has 1 N–H and O–H groups in total. The molecule has 28 heavy (non-hydrogen) atoms. The number of nitrogens with one attached hydrogen (secondary N) is 1. The number of carbonyl (C=O) groups excluding carboxylic acids is 1. The molecule has 4 nitrogen and oxygen atoms in total. The predicted molar refractivity (Wildman–Crippen MR) is 121 cm³/mol. The summed E-state index contributed by atoms with van der Waals surface area (Å²) in [5.74, 6) is 1.00. The Balaban J connectivity index is 1.41. The van der Waals surface area contributed by atoms with Gasteiger partial charge in [-0.2, -0.15) is 0 Å². The molecular formula is C21H25Cl2N3OS. The average molecular weight is 438 g/mol. The Morgan fingerprint density at radius 2 is 1.68 bits per heavy atom. The second kappa shape index (κ2) is 10.4. The third-order valence-corrected chi connectivity index (χ3v) is 6.50. The largest absolute Gasteiger partial charge is 0.369 e. The highest BCUT2D eigenvalue weighted by atomic mass is 35.5. The number of amides is 1. The number of likely N-dealkylation sites (N-methyl/N-ethyl adjacent to an activating group) is 1. The second-order valence-corrected chi connectivity index (χ2v) is 8.73. The molecule has 0 saturated carbocycles. The van der Waals surface area contributed by atoms with E-state index in [-0.39, 0.29) is 5.91 Å². The van der Waals surface area contributed by atoms with Gasteiger partial charge in [-0.3, -0.25) is 4.79 Å². The van der Waals surface area contributed by atoms with Crippen LogP contribution in [0, 0.1) is 0 Å². The molecule has 0 unspecified atom stereocenters. The quantitative estimate of drug-likeness (QED) is 0.700.